The van der Waals surface area contributed by atoms with Crippen molar-refractivity contribution in [1.29, 1.82) is 0 Å². The van der Waals surface area contributed by atoms with Crippen LogP contribution in [0.15, 0.2) is 84.9 Å². The van der Waals surface area contributed by atoms with Gasteiger partial charge in [-0.1, -0.05) is 42.5 Å². The lowest BCUT2D eigenvalue weighted by atomic mass is 10.2. The molecule has 0 saturated carbocycles. The van der Waals surface area contributed by atoms with E-state index in [2.05, 4.69) is 27.7 Å². The minimum Gasteiger partial charge on any atom is -0.370 e. The van der Waals surface area contributed by atoms with Crippen LogP contribution in [0.3, 0.4) is 0 Å². The first-order valence-electron chi connectivity index (χ1n) is 9.71. The third-order valence-electron chi connectivity index (χ3n) is 4.50. The van der Waals surface area contributed by atoms with E-state index < -0.39 is 0 Å². The topological polar surface area (TPSA) is 61.4 Å². The molecule has 0 radical (unpaired) electrons. The lowest BCUT2D eigenvalue weighted by molar-refractivity contribution is -0.114. The van der Waals surface area contributed by atoms with Crippen molar-refractivity contribution < 1.29 is 9.59 Å². The lowest BCUT2D eigenvalue weighted by Crippen LogP contribution is -2.16. The fraction of sp³-hybridized carbons (Fsp3) is 0.120. The molecule has 0 aliphatic carbocycles. The molecule has 0 atom stereocenters. The number of benzene rings is 3. The zero-order chi connectivity index (χ0) is 21.3. The summed E-state index contributed by atoms with van der Waals surface area (Å²) in [5, 5.41) is 5.57. The van der Waals surface area contributed by atoms with Crippen LogP contribution in [0.5, 0.6) is 0 Å². The van der Waals surface area contributed by atoms with Gasteiger partial charge >= 0.3 is 0 Å². The second-order valence-electron chi connectivity index (χ2n) is 7.01. The number of amides is 2. The Morgan fingerprint density at radius 1 is 0.833 bits per heavy atom. The van der Waals surface area contributed by atoms with Crippen LogP contribution in [-0.2, 0) is 16.1 Å². The molecule has 3 rings (SSSR count). The molecule has 0 aliphatic heterocycles. The number of carbonyl (C=O) groups is 2. The van der Waals surface area contributed by atoms with Gasteiger partial charge in [0.2, 0.25) is 11.8 Å². The summed E-state index contributed by atoms with van der Waals surface area (Å²) in [4.78, 5) is 25.4. The first-order valence-corrected chi connectivity index (χ1v) is 9.71. The van der Waals surface area contributed by atoms with Crippen molar-refractivity contribution in [2.75, 3.05) is 22.6 Å². The van der Waals surface area contributed by atoms with Crippen molar-refractivity contribution >= 4 is 35.0 Å². The van der Waals surface area contributed by atoms with Crippen molar-refractivity contribution in [2.24, 2.45) is 0 Å². The van der Waals surface area contributed by atoms with Gasteiger partial charge < -0.3 is 15.5 Å². The van der Waals surface area contributed by atoms with Gasteiger partial charge in [0.25, 0.3) is 0 Å². The Kier molecular flexibility index (Phi) is 7.00. The maximum absolute atomic E-state index is 12.2. The van der Waals surface area contributed by atoms with Crippen LogP contribution in [-0.4, -0.2) is 18.9 Å². The number of hydrogen-bond donors (Lipinski definition) is 2. The van der Waals surface area contributed by atoms with Gasteiger partial charge in [-0.3, -0.25) is 9.59 Å². The van der Waals surface area contributed by atoms with Crippen molar-refractivity contribution in [3.8, 4) is 0 Å². The molecule has 3 aromatic rings. The normalized spacial score (nSPS) is 10.6. The summed E-state index contributed by atoms with van der Waals surface area (Å²) in [5.41, 5.74) is 4.65. The van der Waals surface area contributed by atoms with Gasteiger partial charge in [-0.25, -0.2) is 0 Å². The lowest BCUT2D eigenvalue weighted by Gasteiger charge is -2.19. The minimum atomic E-state index is -0.202. The molecular weight excluding hydrogens is 374 g/mol. The van der Waals surface area contributed by atoms with Crippen LogP contribution in [0.25, 0.3) is 6.08 Å². The van der Waals surface area contributed by atoms with Crippen molar-refractivity contribution in [1.82, 2.24) is 0 Å². The maximum Gasteiger partial charge on any atom is 0.248 e. The predicted molar refractivity (Wildman–Crippen MR) is 123 cm³/mol. The quantitative estimate of drug-likeness (QED) is 0.554. The highest BCUT2D eigenvalue weighted by molar-refractivity contribution is 6.02. The molecule has 2 N–H and O–H groups in total. The smallest absolute Gasteiger partial charge is 0.248 e. The Hall–Kier alpha value is -3.86. The van der Waals surface area contributed by atoms with Crippen LogP contribution in [0, 0.1) is 0 Å². The largest absolute Gasteiger partial charge is 0.370 e. The molecule has 30 heavy (non-hydrogen) atoms. The third kappa shape index (κ3) is 6.34. The van der Waals surface area contributed by atoms with E-state index in [1.54, 1.807) is 18.2 Å². The van der Waals surface area contributed by atoms with E-state index in [1.807, 2.05) is 61.6 Å². The van der Waals surface area contributed by atoms with Crippen LogP contribution >= 0.6 is 0 Å². The SMILES string of the molecule is CC(=O)Nc1ccc(/C=C/C(=O)Nc2ccc(N(C)Cc3ccccc3)cc2)cc1. The molecular formula is C25H25N3O2. The fourth-order valence-corrected chi connectivity index (χ4v) is 2.98. The standard InChI is InChI=1S/C25H25N3O2/c1-19(29)26-22-11-8-20(9-12-22)10-17-25(30)27-23-13-15-24(16-14-23)28(2)18-21-6-4-3-5-7-21/h3-17H,18H2,1-2H3,(H,26,29)(H,27,30)/b17-10+. The van der Waals surface area contributed by atoms with Gasteiger partial charge in [-0.2, -0.15) is 0 Å². The number of nitrogens with zero attached hydrogens (tertiary/aromatic N) is 1. The second kappa shape index (κ2) is 10.1. The van der Waals surface area contributed by atoms with Crippen molar-refractivity contribution in [3.05, 3.63) is 96.1 Å². The van der Waals surface area contributed by atoms with Gasteiger partial charge in [-0.05, 0) is 53.6 Å². The summed E-state index contributed by atoms with van der Waals surface area (Å²) < 4.78 is 0. The summed E-state index contributed by atoms with van der Waals surface area (Å²) in [5.74, 6) is -0.318. The van der Waals surface area contributed by atoms with E-state index in [9.17, 15) is 9.59 Å². The number of nitrogens with one attached hydrogen (secondary N) is 2. The molecule has 0 unspecified atom stereocenters. The van der Waals surface area contributed by atoms with Crippen LogP contribution in [0.1, 0.15) is 18.1 Å². The molecule has 152 valence electrons. The van der Waals surface area contributed by atoms with Gasteiger partial charge in [0.1, 0.15) is 0 Å². The fourth-order valence-electron chi connectivity index (χ4n) is 2.98. The second-order valence-corrected chi connectivity index (χ2v) is 7.01. The van der Waals surface area contributed by atoms with Gasteiger partial charge in [-0.15, -0.1) is 0 Å². The van der Waals surface area contributed by atoms with E-state index in [1.165, 1.54) is 18.6 Å². The number of hydrogen-bond acceptors (Lipinski definition) is 3. The summed E-state index contributed by atoms with van der Waals surface area (Å²) in [6.07, 6.45) is 3.22. The van der Waals surface area contributed by atoms with E-state index in [0.717, 1.165) is 29.2 Å². The van der Waals surface area contributed by atoms with E-state index >= 15 is 0 Å². The van der Waals surface area contributed by atoms with Gasteiger partial charge in [0, 0.05) is 43.7 Å². The average Bonchev–Trinajstić information content (AvgIpc) is 2.74. The molecule has 5 heteroatoms. The highest BCUT2D eigenvalue weighted by Gasteiger charge is 2.03. The van der Waals surface area contributed by atoms with Gasteiger partial charge in [0.05, 0.1) is 0 Å². The number of rotatable bonds is 7. The Morgan fingerprint density at radius 3 is 2.07 bits per heavy atom. The molecule has 0 spiro atoms. The summed E-state index contributed by atoms with van der Waals surface area (Å²) in [6.45, 7) is 2.28. The van der Waals surface area contributed by atoms with Crippen LogP contribution in [0.4, 0.5) is 17.1 Å². The number of anilines is 3. The molecule has 0 aromatic heterocycles. The molecule has 3 aromatic carbocycles. The molecule has 5 nitrogen and oxygen atoms in total. The van der Waals surface area contributed by atoms with Crippen molar-refractivity contribution in [2.45, 2.75) is 13.5 Å². The first kappa shape index (κ1) is 20.9. The van der Waals surface area contributed by atoms with Crippen molar-refractivity contribution in [3.63, 3.8) is 0 Å². The zero-order valence-electron chi connectivity index (χ0n) is 17.1. The average molecular weight is 399 g/mol. The molecule has 0 bridgehead atoms. The van der Waals surface area contributed by atoms with E-state index in [4.69, 9.17) is 0 Å². The predicted octanol–water partition coefficient (Wildman–Crippen LogP) is 4.93. The summed E-state index contributed by atoms with van der Waals surface area (Å²) in [7, 11) is 2.04. The molecule has 0 saturated heterocycles. The molecule has 2 amide bonds. The Bertz CT molecular complexity index is 1010. The molecule has 0 aliphatic rings. The number of carbonyl (C=O) groups excluding carboxylic acids is 2. The summed E-state index contributed by atoms with van der Waals surface area (Å²) >= 11 is 0. The van der Waals surface area contributed by atoms with E-state index in [0.29, 0.717) is 0 Å². The third-order valence-corrected chi connectivity index (χ3v) is 4.50. The highest BCUT2D eigenvalue weighted by Crippen LogP contribution is 2.19. The minimum absolute atomic E-state index is 0.116. The first-order chi connectivity index (χ1) is 14.5. The van der Waals surface area contributed by atoms with Crippen LogP contribution in [0.2, 0.25) is 0 Å². The Labute approximate surface area is 177 Å². The van der Waals surface area contributed by atoms with Gasteiger partial charge in [0.15, 0.2) is 0 Å². The summed E-state index contributed by atoms with van der Waals surface area (Å²) in [6, 6.07) is 25.3. The molecule has 0 fully saturated rings. The van der Waals surface area contributed by atoms with Crippen LogP contribution < -0.4 is 15.5 Å². The maximum atomic E-state index is 12.2. The monoisotopic (exact) mass is 399 g/mol. The zero-order valence-corrected chi connectivity index (χ0v) is 17.1. The highest BCUT2D eigenvalue weighted by atomic mass is 16.2. The Morgan fingerprint density at radius 2 is 1.43 bits per heavy atom. The molecule has 0 heterocycles. The van der Waals surface area contributed by atoms with E-state index in [-0.39, 0.29) is 11.8 Å². The Balaban J connectivity index is 1.53.